The van der Waals surface area contributed by atoms with Gasteiger partial charge in [-0.2, -0.15) is 0 Å². The van der Waals surface area contributed by atoms with Gasteiger partial charge in [0.1, 0.15) is 18.0 Å². The molecule has 0 aliphatic carbocycles. The van der Waals surface area contributed by atoms with Gasteiger partial charge in [0.05, 0.1) is 12.6 Å². The minimum atomic E-state index is -0.231. The molecule has 1 aliphatic heterocycles. The third-order valence-corrected chi connectivity index (χ3v) is 4.15. The van der Waals surface area contributed by atoms with Crippen molar-refractivity contribution in [2.24, 2.45) is 4.99 Å². The predicted molar refractivity (Wildman–Crippen MR) is 121 cm³/mol. The van der Waals surface area contributed by atoms with Crippen LogP contribution in [0, 0.1) is 0 Å². The topological polar surface area (TPSA) is 95.0 Å². The van der Waals surface area contributed by atoms with Crippen molar-refractivity contribution in [1.82, 2.24) is 10.6 Å². The van der Waals surface area contributed by atoms with E-state index in [4.69, 9.17) is 4.74 Å². The van der Waals surface area contributed by atoms with Gasteiger partial charge in [0.2, 0.25) is 5.91 Å². The van der Waals surface area contributed by atoms with Gasteiger partial charge < -0.3 is 25.8 Å². The summed E-state index contributed by atoms with van der Waals surface area (Å²) in [6.45, 7) is 3.29. The SMILES string of the molecule is CCNC(=NCC(=O)Nc1ccc(O)cc1)NC1CCOc2ccccc21.I. The number of anilines is 1. The van der Waals surface area contributed by atoms with E-state index in [1.165, 1.54) is 12.1 Å². The molecule has 0 radical (unpaired) electrons. The van der Waals surface area contributed by atoms with E-state index in [2.05, 4.69) is 20.9 Å². The Balaban J connectivity index is 0.00000280. The van der Waals surface area contributed by atoms with Crippen LogP contribution in [0.25, 0.3) is 0 Å². The highest BCUT2D eigenvalue weighted by Crippen LogP contribution is 2.31. The fraction of sp³-hybridized carbons (Fsp3) is 0.300. The van der Waals surface area contributed by atoms with Gasteiger partial charge in [-0.15, -0.1) is 24.0 Å². The Morgan fingerprint density at radius 2 is 1.96 bits per heavy atom. The number of fused-ring (bicyclic) bond motifs is 1. The van der Waals surface area contributed by atoms with Gasteiger partial charge in [0.15, 0.2) is 5.96 Å². The molecule has 1 atom stereocenters. The predicted octanol–water partition coefficient (Wildman–Crippen LogP) is 3.03. The number of para-hydroxylation sites is 1. The van der Waals surface area contributed by atoms with E-state index in [0.717, 1.165) is 17.7 Å². The third-order valence-electron chi connectivity index (χ3n) is 4.15. The number of carbonyl (C=O) groups is 1. The summed E-state index contributed by atoms with van der Waals surface area (Å²) in [7, 11) is 0. The highest BCUT2D eigenvalue weighted by molar-refractivity contribution is 14.0. The van der Waals surface area contributed by atoms with Gasteiger partial charge in [0.25, 0.3) is 0 Å². The van der Waals surface area contributed by atoms with Crippen LogP contribution in [-0.2, 0) is 4.79 Å². The van der Waals surface area contributed by atoms with Crippen molar-refractivity contribution in [1.29, 1.82) is 0 Å². The highest BCUT2D eigenvalue weighted by Gasteiger charge is 2.21. The second-order valence-electron chi connectivity index (χ2n) is 6.16. The number of benzene rings is 2. The molecule has 3 rings (SSSR count). The number of hydrogen-bond donors (Lipinski definition) is 4. The molecule has 2 aromatic carbocycles. The lowest BCUT2D eigenvalue weighted by Gasteiger charge is -2.28. The van der Waals surface area contributed by atoms with E-state index in [1.807, 2.05) is 31.2 Å². The van der Waals surface area contributed by atoms with Gasteiger partial charge in [-0.05, 0) is 37.3 Å². The number of aliphatic imine (C=N–C) groups is 1. The van der Waals surface area contributed by atoms with Crippen LogP contribution in [0.1, 0.15) is 24.9 Å². The molecule has 1 amide bonds. The lowest BCUT2D eigenvalue weighted by atomic mass is 10.0. The van der Waals surface area contributed by atoms with E-state index in [1.54, 1.807) is 12.1 Å². The first-order chi connectivity index (χ1) is 13.2. The smallest absolute Gasteiger partial charge is 0.246 e. The van der Waals surface area contributed by atoms with E-state index in [-0.39, 0.29) is 48.2 Å². The Hall–Kier alpha value is -2.49. The summed E-state index contributed by atoms with van der Waals surface area (Å²) in [5.74, 6) is 1.38. The molecule has 150 valence electrons. The number of nitrogens with one attached hydrogen (secondary N) is 3. The number of rotatable bonds is 5. The van der Waals surface area contributed by atoms with Crippen LogP contribution < -0.4 is 20.7 Å². The van der Waals surface area contributed by atoms with Crippen LogP contribution in [-0.4, -0.2) is 36.7 Å². The van der Waals surface area contributed by atoms with Crippen LogP contribution in [0.2, 0.25) is 0 Å². The number of hydrogen-bond acceptors (Lipinski definition) is 4. The molecule has 0 fully saturated rings. The maximum atomic E-state index is 12.1. The first-order valence-corrected chi connectivity index (χ1v) is 9.01. The maximum Gasteiger partial charge on any atom is 0.246 e. The molecule has 0 saturated carbocycles. The van der Waals surface area contributed by atoms with Crippen molar-refractivity contribution < 1.29 is 14.6 Å². The van der Waals surface area contributed by atoms with Gasteiger partial charge in [-0.25, -0.2) is 4.99 Å². The van der Waals surface area contributed by atoms with Crippen LogP contribution in [0.5, 0.6) is 11.5 Å². The molecule has 7 nitrogen and oxygen atoms in total. The molecule has 1 unspecified atom stereocenters. The number of aromatic hydroxyl groups is 1. The molecule has 1 aliphatic rings. The molecule has 28 heavy (non-hydrogen) atoms. The molecule has 0 aromatic heterocycles. The number of nitrogens with zero attached hydrogens (tertiary/aromatic N) is 1. The van der Waals surface area contributed by atoms with Crippen molar-refractivity contribution in [3.8, 4) is 11.5 Å². The lowest BCUT2D eigenvalue weighted by Crippen LogP contribution is -2.41. The van der Waals surface area contributed by atoms with E-state index in [0.29, 0.717) is 24.8 Å². The normalized spacial score (nSPS) is 15.5. The molecular formula is C20H25IN4O3. The summed E-state index contributed by atoms with van der Waals surface area (Å²) in [5.41, 5.74) is 1.70. The van der Waals surface area contributed by atoms with Crippen molar-refractivity contribution in [2.45, 2.75) is 19.4 Å². The molecular weight excluding hydrogens is 471 g/mol. The Bertz CT molecular complexity index is 811. The summed E-state index contributed by atoms with van der Waals surface area (Å²) in [5, 5.41) is 18.6. The van der Waals surface area contributed by atoms with Crippen LogP contribution in [0.15, 0.2) is 53.5 Å². The monoisotopic (exact) mass is 496 g/mol. The van der Waals surface area contributed by atoms with E-state index >= 15 is 0 Å². The number of ether oxygens (including phenoxy) is 1. The summed E-state index contributed by atoms with van der Waals surface area (Å²) in [4.78, 5) is 16.5. The van der Waals surface area contributed by atoms with Crippen molar-refractivity contribution in [3.05, 3.63) is 54.1 Å². The molecule has 0 spiro atoms. The number of phenolic OH excluding ortho intramolecular Hbond substituents is 1. The van der Waals surface area contributed by atoms with Gasteiger partial charge in [-0.1, -0.05) is 18.2 Å². The van der Waals surface area contributed by atoms with Crippen LogP contribution in [0.3, 0.4) is 0 Å². The van der Waals surface area contributed by atoms with Crippen LogP contribution in [0.4, 0.5) is 5.69 Å². The Labute approximate surface area is 181 Å². The molecule has 0 saturated heterocycles. The Kier molecular flexibility index (Phi) is 8.37. The molecule has 1 heterocycles. The average Bonchev–Trinajstić information content (AvgIpc) is 2.68. The molecule has 0 bridgehead atoms. The standard InChI is InChI=1S/C20H24N4O3.HI/c1-2-21-20(22-13-19(26)23-14-7-9-15(25)10-8-14)24-17-11-12-27-18-6-4-3-5-16(17)18;/h3-10,17,25H,2,11-13H2,1H3,(H,23,26)(H2,21,22,24);1H. The summed E-state index contributed by atoms with van der Waals surface area (Å²) < 4.78 is 5.69. The van der Waals surface area contributed by atoms with Crippen LogP contribution >= 0.6 is 24.0 Å². The summed E-state index contributed by atoms with van der Waals surface area (Å²) in [6, 6.07) is 14.3. The highest BCUT2D eigenvalue weighted by atomic mass is 127. The minimum Gasteiger partial charge on any atom is -0.508 e. The largest absolute Gasteiger partial charge is 0.508 e. The quantitative estimate of drug-likeness (QED) is 0.221. The molecule has 4 N–H and O–H groups in total. The number of amides is 1. The fourth-order valence-electron chi connectivity index (χ4n) is 2.87. The zero-order valence-corrected chi connectivity index (χ0v) is 18.0. The summed E-state index contributed by atoms with van der Waals surface area (Å²) >= 11 is 0. The minimum absolute atomic E-state index is 0. The molecule has 8 heteroatoms. The first kappa shape index (κ1) is 21.8. The zero-order valence-electron chi connectivity index (χ0n) is 15.6. The fourth-order valence-corrected chi connectivity index (χ4v) is 2.87. The average molecular weight is 496 g/mol. The van der Waals surface area contributed by atoms with E-state index in [9.17, 15) is 9.90 Å². The lowest BCUT2D eigenvalue weighted by molar-refractivity contribution is -0.114. The second-order valence-corrected chi connectivity index (χ2v) is 6.16. The first-order valence-electron chi connectivity index (χ1n) is 9.01. The van der Waals surface area contributed by atoms with Crippen molar-refractivity contribution in [3.63, 3.8) is 0 Å². The second kappa shape index (κ2) is 10.7. The van der Waals surface area contributed by atoms with Gasteiger partial charge >= 0.3 is 0 Å². The summed E-state index contributed by atoms with van der Waals surface area (Å²) in [6.07, 6.45) is 0.821. The van der Waals surface area contributed by atoms with Crippen molar-refractivity contribution >= 4 is 41.5 Å². The van der Waals surface area contributed by atoms with Gasteiger partial charge in [-0.3, -0.25) is 4.79 Å². The van der Waals surface area contributed by atoms with Crippen molar-refractivity contribution in [2.75, 3.05) is 25.0 Å². The van der Waals surface area contributed by atoms with E-state index < -0.39 is 0 Å². The Morgan fingerprint density at radius 1 is 1.21 bits per heavy atom. The third kappa shape index (κ3) is 6.01. The number of halogens is 1. The maximum absolute atomic E-state index is 12.1. The number of phenols is 1. The zero-order chi connectivity index (χ0) is 19.1. The Morgan fingerprint density at radius 3 is 2.71 bits per heavy atom. The number of carbonyl (C=O) groups excluding carboxylic acids is 1. The van der Waals surface area contributed by atoms with Gasteiger partial charge in [0, 0.05) is 24.2 Å². The molecule has 2 aromatic rings. The number of guanidine groups is 1.